The fourth-order valence-electron chi connectivity index (χ4n) is 1.59. The lowest BCUT2D eigenvalue weighted by Gasteiger charge is -2.30. The van der Waals surface area contributed by atoms with E-state index in [1.54, 1.807) is 13.8 Å². The minimum absolute atomic E-state index is 0.0963. The number of carboxylic acid groups (broad SMARTS) is 1. The van der Waals surface area contributed by atoms with Gasteiger partial charge in [-0.2, -0.15) is 5.26 Å². The lowest BCUT2D eigenvalue weighted by molar-refractivity contribution is -0.148. The zero-order chi connectivity index (χ0) is 16.4. The van der Waals surface area contributed by atoms with Gasteiger partial charge in [-0.05, 0) is 34.7 Å². The molecule has 0 saturated heterocycles. The quantitative estimate of drug-likeness (QED) is 0.852. The summed E-state index contributed by atoms with van der Waals surface area (Å²) < 4.78 is 5.33. The first kappa shape index (κ1) is 16.7. The number of carbonyl (C=O) groups is 2. The van der Waals surface area contributed by atoms with Gasteiger partial charge in [0.25, 0.3) is 0 Å². The van der Waals surface area contributed by atoms with E-state index < -0.39 is 17.4 Å². The van der Waals surface area contributed by atoms with Crippen molar-refractivity contribution in [3.63, 3.8) is 0 Å². The van der Waals surface area contributed by atoms with E-state index in [9.17, 15) is 9.59 Å². The SMILES string of the molecule is Cc1oc(NC(=O)CN(C)C(C)(C)C(=O)O)c(C#N)c1C. The molecule has 0 unspecified atom stereocenters. The molecule has 0 radical (unpaired) electrons. The highest BCUT2D eigenvalue weighted by Gasteiger charge is 2.33. The zero-order valence-electron chi connectivity index (χ0n) is 12.8. The number of nitrogens with one attached hydrogen (secondary N) is 1. The first-order chi connectivity index (χ1) is 9.61. The van der Waals surface area contributed by atoms with Crippen LogP contribution in [0.3, 0.4) is 0 Å². The number of hydrogen-bond donors (Lipinski definition) is 2. The second kappa shape index (κ2) is 5.97. The van der Waals surface area contributed by atoms with Crippen molar-refractivity contribution in [2.24, 2.45) is 0 Å². The number of furan rings is 1. The van der Waals surface area contributed by atoms with Crippen LogP contribution in [0.2, 0.25) is 0 Å². The van der Waals surface area contributed by atoms with E-state index in [-0.39, 0.29) is 18.0 Å². The largest absolute Gasteiger partial charge is 0.480 e. The minimum Gasteiger partial charge on any atom is -0.480 e. The second-order valence-electron chi connectivity index (χ2n) is 5.37. The normalized spacial score (nSPS) is 11.3. The first-order valence-corrected chi connectivity index (χ1v) is 6.35. The molecule has 0 aliphatic rings. The molecule has 0 fully saturated rings. The Morgan fingerprint density at radius 1 is 1.43 bits per heavy atom. The van der Waals surface area contributed by atoms with Crippen molar-refractivity contribution in [3.05, 3.63) is 16.9 Å². The van der Waals surface area contributed by atoms with Gasteiger partial charge in [0, 0.05) is 5.56 Å². The third-order valence-electron chi connectivity index (χ3n) is 3.61. The molecule has 0 saturated carbocycles. The van der Waals surface area contributed by atoms with Gasteiger partial charge >= 0.3 is 5.97 Å². The monoisotopic (exact) mass is 293 g/mol. The standard InChI is InChI=1S/C14H19N3O4/c1-8-9(2)21-12(10(8)6-15)16-11(18)7-17(5)14(3,4)13(19)20/h7H2,1-5H3,(H,16,18)(H,19,20). The summed E-state index contributed by atoms with van der Waals surface area (Å²) in [5.74, 6) is -0.822. The number of carboxylic acids is 1. The zero-order valence-corrected chi connectivity index (χ0v) is 12.8. The molecule has 0 aromatic carbocycles. The molecule has 2 N–H and O–H groups in total. The van der Waals surface area contributed by atoms with Crippen LogP contribution in [0.25, 0.3) is 0 Å². The average molecular weight is 293 g/mol. The Bertz CT molecular complexity index is 610. The molecule has 7 heteroatoms. The molecule has 0 bridgehead atoms. The Hall–Kier alpha value is -2.33. The van der Waals surface area contributed by atoms with Gasteiger partial charge in [0.05, 0.1) is 6.54 Å². The fraction of sp³-hybridized carbons (Fsp3) is 0.500. The van der Waals surface area contributed by atoms with E-state index >= 15 is 0 Å². The lowest BCUT2D eigenvalue weighted by Crippen LogP contribution is -2.50. The van der Waals surface area contributed by atoms with Crippen molar-refractivity contribution >= 4 is 17.8 Å². The van der Waals surface area contributed by atoms with Gasteiger partial charge in [0.15, 0.2) is 0 Å². The predicted octanol–water partition coefficient (Wildman–Crippen LogP) is 1.50. The summed E-state index contributed by atoms with van der Waals surface area (Å²) in [7, 11) is 1.54. The van der Waals surface area contributed by atoms with Crippen molar-refractivity contribution in [2.75, 3.05) is 18.9 Å². The Morgan fingerprint density at radius 2 is 2.00 bits per heavy atom. The van der Waals surface area contributed by atoms with Gasteiger partial charge in [-0.1, -0.05) is 0 Å². The number of amides is 1. The van der Waals surface area contributed by atoms with Crippen molar-refractivity contribution in [1.82, 2.24) is 4.90 Å². The number of aryl methyl sites for hydroxylation is 1. The molecule has 0 atom stereocenters. The summed E-state index contributed by atoms with van der Waals surface area (Å²) in [6.07, 6.45) is 0. The van der Waals surface area contributed by atoms with Crippen LogP contribution in [0.4, 0.5) is 5.88 Å². The molecule has 1 amide bonds. The molecule has 7 nitrogen and oxygen atoms in total. The maximum absolute atomic E-state index is 12.0. The molecule has 114 valence electrons. The van der Waals surface area contributed by atoms with E-state index in [0.717, 1.165) is 0 Å². The smallest absolute Gasteiger partial charge is 0.323 e. The Morgan fingerprint density at radius 3 is 2.48 bits per heavy atom. The van der Waals surface area contributed by atoms with Crippen LogP contribution < -0.4 is 5.32 Å². The Balaban J connectivity index is 2.82. The van der Waals surface area contributed by atoms with E-state index in [0.29, 0.717) is 11.3 Å². The maximum Gasteiger partial charge on any atom is 0.323 e. The topological polar surface area (TPSA) is 107 Å². The van der Waals surface area contributed by atoms with Gasteiger partial charge < -0.3 is 9.52 Å². The van der Waals surface area contributed by atoms with Gasteiger partial charge in [-0.3, -0.25) is 19.8 Å². The van der Waals surface area contributed by atoms with Crippen molar-refractivity contribution in [1.29, 1.82) is 5.26 Å². The number of nitrogens with zero attached hydrogens (tertiary/aromatic N) is 2. The molecule has 0 spiro atoms. The number of anilines is 1. The minimum atomic E-state index is -1.18. The molecule has 1 heterocycles. The molecule has 1 aromatic heterocycles. The highest BCUT2D eigenvalue weighted by atomic mass is 16.4. The van der Waals surface area contributed by atoms with E-state index in [4.69, 9.17) is 14.8 Å². The Kier molecular flexibility index (Phi) is 4.76. The van der Waals surface area contributed by atoms with Gasteiger partial charge in [-0.25, -0.2) is 0 Å². The van der Waals surface area contributed by atoms with Crippen LogP contribution in [-0.2, 0) is 9.59 Å². The third kappa shape index (κ3) is 3.41. The molecular weight excluding hydrogens is 274 g/mol. The van der Waals surface area contributed by atoms with Crippen LogP contribution in [0.15, 0.2) is 4.42 Å². The highest BCUT2D eigenvalue weighted by molar-refractivity contribution is 5.93. The summed E-state index contributed by atoms with van der Waals surface area (Å²) in [5.41, 5.74) is -0.224. The number of aliphatic carboxylic acids is 1. The third-order valence-corrected chi connectivity index (χ3v) is 3.61. The van der Waals surface area contributed by atoms with Gasteiger partial charge in [-0.15, -0.1) is 0 Å². The van der Waals surface area contributed by atoms with Crippen molar-refractivity contribution in [3.8, 4) is 6.07 Å². The van der Waals surface area contributed by atoms with Crippen LogP contribution in [0.1, 0.15) is 30.7 Å². The molecule has 1 aromatic rings. The molecule has 1 rings (SSSR count). The Labute approximate surface area is 123 Å². The predicted molar refractivity (Wildman–Crippen MR) is 75.9 cm³/mol. The van der Waals surface area contributed by atoms with Crippen LogP contribution in [0, 0.1) is 25.2 Å². The summed E-state index contributed by atoms with van der Waals surface area (Å²) >= 11 is 0. The van der Waals surface area contributed by atoms with Gasteiger partial charge in [0.1, 0.15) is 22.9 Å². The summed E-state index contributed by atoms with van der Waals surface area (Å²) in [4.78, 5) is 24.5. The van der Waals surface area contributed by atoms with E-state index in [1.807, 2.05) is 6.07 Å². The van der Waals surface area contributed by atoms with E-state index in [1.165, 1.54) is 25.8 Å². The number of carbonyl (C=O) groups excluding carboxylic acids is 1. The fourth-order valence-corrected chi connectivity index (χ4v) is 1.59. The number of nitriles is 1. The van der Waals surface area contributed by atoms with Crippen molar-refractivity contribution < 1.29 is 19.1 Å². The van der Waals surface area contributed by atoms with Crippen molar-refractivity contribution in [2.45, 2.75) is 33.2 Å². The number of hydrogen-bond acceptors (Lipinski definition) is 5. The number of rotatable bonds is 5. The average Bonchev–Trinajstić information content (AvgIpc) is 2.63. The number of likely N-dealkylation sites (N-methyl/N-ethyl adjacent to an activating group) is 1. The summed E-state index contributed by atoms with van der Waals surface area (Å²) in [5, 5.41) is 20.7. The van der Waals surface area contributed by atoms with Crippen LogP contribution in [-0.4, -0.2) is 41.0 Å². The molecule has 21 heavy (non-hydrogen) atoms. The second-order valence-corrected chi connectivity index (χ2v) is 5.37. The van der Waals surface area contributed by atoms with Gasteiger partial charge in [0.2, 0.25) is 11.8 Å². The highest BCUT2D eigenvalue weighted by Crippen LogP contribution is 2.25. The maximum atomic E-state index is 12.0. The molecule has 0 aliphatic carbocycles. The first-order valence-electron chi connectivity index (χ1n) is 6.35. The van der Waals surface area contributed by atoms with Crippen LogP contribution in [0.5, 0.6) is 0 Å². The van der Waals surface area contributed by atoms with E-state index in [2.05, 4.69) is 5.32 Å². The molecular formula is C14H19N3O4. The summed E-state index contributed by atoms with van der Waals surface area (Å²) in [6, 6.07) is 1.98. The summed E-state index contributed by atoms with van der Waals surface area (Å²) in [6.45, 7) is 6.30. The molecule has 0 aliphatic heterocycles. The lowest BCUT2D eigenvalue weighted by atomic mass is 10.0. The van der Waals surface area contributed by atoms with Crippen LogP contribution >= 0.6 is 0 Å².